The number of Topliss-reactive ketones (excluding diaryl/α,β-unsaturated/α-hetero) is 1. The average molecular weight is 478 g/mol. The Kier molecular flexibility index (Phi) is 6.73. The molecule has 0 saturated carbocycles. The van der Waals surface area contributed by atoms with Gasteiger partial charge in [0.15, 0.2) is 12.0 Å². The lowest BCUT2D eigenvalue weighted by Gasteiger charge is -2.30. The van der Waals surface area contributed by atoms with E-state index in [1.54, 1.807) is 6.92 Å². The summed E-state index contributed by atoms with van der Waals surface area (Å²) < 4.78 is 13.5. The number of rotatable bonds is 5. The second-order valence-electron chi connectivity index (χ2n) is 10.7. The van der Waals surface area contributed by atoms with Gasteiger partial charge in [0.2, 0.25) is 0 Å². The van der Waals surface area contributed by atoms with Crippen LogP contribution in [0.1, 0.15) is 83.0 Å². The second-order valence-corrected chi connectivity index (χ2v) is 10.7. The molecule has 3 aromatic rings. The number of nitrogens with zero attached hydrogens (tertiary/aromatic N) is 2. The highest BCUT2D eigenvalue weighted by atomic mass is 16.6. The molecule has 1 atom stereocenters. The lowest BCUT2D eigenvalue weighted by molar-refractivity contribution is -0.0379. The number of carbonyl (C=O) groups excluding carboxylic acids is 2. The van der Waals surface area contributed by atoms with Gasteiger partial charge < -0.3 is 14.8 Å². The molecule has 1 unspecified atom stereocenters. The molecule has 0 bridgehead atoms. The van der Waals surface area contributed by atoms with Crippen molar-refractivity contribution in [1.29, 1.82) is 0 Å². The van der Waals surface area contributed by atoms with Gasteiger partial charge in [0, 0.05) is 23.1 Å². The van der Waals surface area contributed by atoms with Gasteiger partial charge in [-0.1, -0.05) is 36.4 Å². The molecule has 1 amide bonds. The molecule has 186 valence electrons. The summed E-state index contributed by atoms with van der Waals surface area (Å²) in [6, 6.07) is 13.8. The topological polar surface area (TPSA) is 82.5 Å². The molecule has 1 N–H and O–H groups in total. The molecule has 0 spiro atoms. The minimum absolute atomic E-state index is 0.0917. The summed E-state index contributed by atoms with van der Waals surface area (Å²) in [4.78, 5) is 25.8. The number of alkyl carbamates (subject to hydrolysis) is 1. The van der Waals surface area contributed by atoms with Crippen molar-refractivity contribution in [2.24, 2.45) is 0 Å². The van der Waals surface area contributed by atoms with Gasteiger partial charge in [0.1, 0.15) is 5.60 Å². The first-order valence-corrected chi connectivity index (χ1v) is 12.2. The molecule has 1 fully saturated rings. The van der Waals surface area contributed by atoms with Crippen molar-refractivity contribution in [1.82, 2.24) is 15.1 Å². The van der Waals surface area contributed by atoms with Gasteiger partial charge >= 0.3 is 6.09 Å². The van der Waals surface area contributed by atoms with E-state index >= 15 is 0 Å². The summed E-state index contributed by atoms with van der Waals surface area (Å²) in [6.45, 7) is 11.5. The molecule has 1 aliphatic rings. The quantitative estimate of drug-likeness (QED) is 0.432. The van der Waals surface area contributed by atoms with Gasteiger partial charge in [-0.15, -0.1) is 0 Å². The van der Waals surface area contributed by atoms with E-state index in [0.717, 1.165) is 41.4 Å². The van der Waals surface area contributed by atoms with Crippen LogP contribution in [0.2, 0.25) is 0 Å². The van der Waals surface area contributed by atoms with Gasteiger partial charge in [-0.05, 0) is 72.4 Å². The largest absolute Gasteiger partial charge is 0.444 e. The number of hydrogen-bond donors (Lipinski definition) is 1. The molecular formula is C28H35N3O4. The molecule has 0 radical (unpaired) electrons. The molecule has 7 nitrogen and oxygen atoms in total. The predicted molar refractivity (Wildman–Crippen MR) is 136 cm³/mol. The van der Waals surface area contributed by atoms with Crippen LogP contribution in [0.5, 0.6) is 0 Å². The minimum Gasteiger partial charge on any atom is -0.444 e. The van der Waals surface area contributed by atoms with Crippen molar-refractivity contribution in [2.45, 2.75) is 78.2 Å². The van der Waals surface area contributed by atoms with E-state index in [1.165, 1.54) is 0 Å². The van der Waals surface area contributed by atoms with Crippen molar-refractivity contribution >= 4 is 22.8 Å². The summed E-state index contributed by atoms with van der Waals surface area (Å²) in [5.41, 5.74) is 2.30. The SMILES string of the molecule is CC(=O)c1c(C(C)(C)NC(=O)OC(C)(C)C)ccc2nn(C3CCCCO3)c(-c3ccccc3)c12. The van der Waals surface area contributed by atoms with Gasteiger partial charge in [0.05, 0.1) is 16.7 Å². The number of benzene rings is 2. The zero-order valence-electron chi connectivity index (χ0n) is 21.5. The number of aromatic nitrogens is 2. The van der Waals surface area contributed by atoms with Crippen molar-refractivity contribution in [3.8, 4) is 11.3 Å². The van der Waals surface area contributed by atoms with Gasteiger partial charge in [-0.2, -0.15) is 5.10 Å². The maximum absolute atomic E-state index is 13.2. The van der Waals surface area contributed by atoms with Crippen LogP contribution in [0.3, 0.4) is 0 Å². The maximum atomic E-state index is 13.2. The van der Waals surface area contributed by atoms with Crippen LogP contribution in [-0.4, -0.2) is 33.9 Å². The Hall–Kier alpha value is -3.19. The first kappa shape index (κ1) is 24.9. The Morgan fingerprint density at radius 2 is 1.77 bits per heavy atom. The maximum Gasteiger partial charge on any atom is 0.408 e. The van der Waals surface area contributed by atoms with Crippen molar-refractivity contribution in [3.05, 3.63) is 53.6 Å². The van der Waals surface area contributed by atoms with Crippen molar-refractivity contribution in [2.75, 3.05) is 6.61 Å². The third-order valence-electron chi connectivity index (χ3n) is 6.18. The summed E-state index contributed by atoms with van der Waals surface area (Å²) in [6.07, 6.45) is 2.23. The van der Waals surface area contributed by atoms with Crippen LogP contribution >= 0.6 is 0 Å². The number of fused-ring (bicyclic) bond motifs is 1. The Morgan fingerprint density at radius 3 is 2.37 bits per heavy atom. The molecule has 7 heteroatoms. The molecule has 0 aliphatic carbocycles. The number of nitrogens with one attached hydrogen (secondary N) is 1. The van der Waals surface area contributed by atoms with E-state index in [0.29, 0.717) is 17.7 Å². The van der Waals surface area contributed by atoms with E-state index < -0.39 is 17.2 Å². The van der Waals surface area contributed by atoms with Crippen LogP contribution in [-0.2, 0) is 15.0 Å². The van der Waals surface area contributed by atoms with E-state index in [4.69, 9.17) is 14.6 Å². The lowest BCUT2D eigenvalue weighted by atomic mass is 9.85. The zero-order valence-corrected chi connectivity index (χ0v) is 21.5. The fourth-order valence-corrected chi connectivity index (χ4v) is 4.71. The van der Waals surface area contributed by atoms with Crippen LogP contribution < -0.4 is 5.32 Å². The molecule has 2 heterocycles. The van der Waals surface area contributed by atoms with E-state index in [2.05, 4.69) is 5.32 Å². The fourth-order valence-electron chi connectivity index (χ4n) is 4.71. The van der Waals surface area contributed by atoms with Crippen LogP contribution in [0.15, 0.2) is 42.5 Å². The molecule has 35 heavy (non-hydrogen) atoms. The van der Waals surface area contributed by atoms with Crippen LogP contribution in [0.25, 0.3) is 22.2 Å². The highest BCUT2D eigenvalue weighted by Gasteiger charge is 2.33. The number of carbonyl (C=O) groups is 2. The Bertz CT molecular complexity index is 1230. The van der Waals surface area contributed by atoms with Gasteiger partial charge in [-0.3, -0.25) is 4.79 Å². The number of ketones is 1. The second kappa shape index (κ2) is 9.46. The van der Waals surface area contributed by atoms with E-state index in [1.807, 2.05) is 81.8 Å². The van der Waals surface area contributed by atoms with E-state index in [9.17, 15) is 9.59 Å². The lowest BCUT2D eigenvalue weighted by Crippen LogP contribution is -2.44. The molecule has 2 aromatic carbocycles. The highest BCUT2D eigenvalue weighted by molar-refractivity contribution is 6.12. The third-order valence-corrected chi connectivity index (χ3v) is 6.18. The van der Waals surface area contributed by atoms with Gasteiger partial charge in [-0.25, -0.2) is 9.48 Å². The molecule has 4 rings (SSSR count). The highest BCUT2D eigenvalue weighted by Crippen LogP contribution is 2.39. The smallest absolute Gasteiger partial charge is 0.408 e. The standard InChI is InChI=1S/C28H35N3O4/c1-18(32)23-20(28(5,6)29-26(33)35-27(2,3)4)15-16-21-24(23)25(19-12-8-7-9-13-19)31(30-21)22-14-10-11-17-34-22/h7-9,12-13,15-16,22H,10-11,14,17H2,1-6H3,(H,29,33). The van der Waals surface area contributed by atoms with Crippen LogP contribution in [0, 0.1) is 0 Å². The van der Waals surface area contributed by atoms with Crippen LogP contribution in [0.4, 0.5) is 4.79 Å². The normalized spacial score (nSPS) is 16.8. The Labute approximate surface area is 206 Å². The first-order chi connectivity index (χ1) is 16.5. The summed E-state index contributed by atoms with van der Waals surface area (Å²) in [5.74, 6) is -0.0917. The zero-order chi connectivity index (χ0) is 25.4. The monoisotopic (exact) mass is 477 g/mol. The molecule has 1 aliphatic heterocycles. The summed E-state index contributed by atoms with van der Waals surface area (Å²) >= 11 is 0. The van der Waals surface area contributed by atoms with E-state index in [-0.39, 0.29) is 12.0 Å². The van der Waals surface area contributed by atoms with Crippen molar-refractivity contribution in [3.63, 3.8) is 0 Å². The molecule has 1 saturated heterocycles. The average Bonchev–Trinajstić information content (AvgIpc) is 3.17. The molecular weight excluding hydrogens is 442 g/mol. The van der Waals surface area contributed by atoms with Crippen molar-refractivity contribution < 1.29 is 19.1 Å². The Balaban J connectivity index is 1.92. The van der Waals surface area contributed by atoms with Gasteiger partial charge in [0.25, 0.3) is 0 Å². The minimum atomic E-state index is -0.866. The fraction of sp³-hybridized carbons (Fsp3) is 0.464. The number of hydrogen-bond acceptors (Lipinski definition) is 5. The number of ether oxygens (including phenoxy) is 2. The number of amides is 1. The first-order valence-electron chi connectivity index (χ1n) is 12.2. The predicted octanol–water partition coefficient (Wildman–Crippen LogP) is 6.36. The Morgan fingerprint density at radius 1 is 1.06 bits per heavy atom. The third kappa shape index (κ3) is 5.25. The summed E-state index contributed by atoms with van der Waals surface area (Å²) in [7, 11) is 0. The molecule has 1 aromatic heterocycles. The summed E-state index contributed by atoms with van der Waals surface area (Å²) in [5, 5.41) is 8.64.